The van der Waals surface area contributed by atoms with Crippen molar-refractivity contribution >= 4 is 11.8 Å². The Morgan fingerprint density at radius 1 is 1.22 bits per heavy atom. The smallest absolute Gasteiger partial charge is 0.416 e. The second kappa shape index (κ2) is 7.85. The van der Waals surface area contributed by atoms with Crippen molar-refractivity contribution < 1.29 is 27.2 Å². The number of nitrogens with one attached hydrogen (secondary N) is 1. The van der Waals surface area contributed by atoms with Gasteiger partial charge in [0.25, 0.3) is 5.91 Å². The monoisotopic (exact) mass is 380 g/mol. The van der Waals surface area contributed by atoms with Gasteiger partial charge in [-0.15, -0.1) is 0 Å². The molecule has 0 saturated carbocycles. The van der Waals surface area contributed by atoms with E-state index in [9.17, 15) is 22.8 Å². The van der Waals surface area contributed by atoms with E-state index < -0.39 is 17.7 Å². The number of carbonyl (C=O) groups excluding carboxylic acids is 2. The summed E-state index contributed by atoms with van der Waals surface area (Å²) < 4.78 is 43.4. The van der Waals surface area contributed by atoms with Gasteiger partial charge in [-0.25, -0.2) is 0 Å². The van der Waals surface area contributed by atoms with E-state index in [0.717, 1.165) is 12.1 Å². The third kappa shape index (κ3) is 4.69. The minimum Gasteiger partial charge on any atom is -0.459 e. The summed E-state index contributed by atoms with van der Waals surface area (Å²) in [5.41, 5.74) is -0.375. The second-order valence-electron chi connectivity index (χ2n) is 6.48. The van der Waals surface area contributed by atoms with Crippen molar-refractivity contribution in [3.05, 3.63) is 59.5 Å². The molecular weight excluding hydrogens is 361 g/mol. The van der Waals surface area contributed by atoms with Crippen LogP contribution in [0.4, 0.5) is 13.2 Å². The fourth-order valence-corrected chi connectivity index (χ4v) is 3.12. The Morgan fingerprint density at radius 3 is 2.74 bits per heavy atom. The third-order valence-electron chi connectivity index (χ3n) is 4.53. The molecule has 0 spiro atoms. The van der Waals surface area contributed by atoms with E-state index in [1.54, 1.807) is 17.0 Å². The molecule has 5 nitrogen and oxygen atoms in total. The standard InChI is InChI=1S/C19H19F3N2O3/c20-19(21,22)15-6-1-4-13(10-15)11-23-17(25)14-5-2-8-24(12-14)18(26)16-7-3-9-27-16/h1,3-4,6-7,9-10,14H,2,5,8,11-12H2,(H,23,25)/t14-/m1/s1. The van der Waals surface area contributed by atoms with Crippen LogP contribution in [0.3, 0.4) is 0 Å². The summed E-state index contributed by atoms with van der Waals surface area (Å²) in [7, 11) is 0. The summed E-state index contributed by atoms with van der Waals surface area (Å²) in [4.78, 5) is 26.3. The molecule has 1 aromatic heterocycles. The average molecular weight is 380 g/mol. The number of piperidine rings is 1. The molecule has 2 amide bonds. The molecule has 1 fully saturated rings. The Kier molecular flexibility index (Phi) is 5.53. The molecule has 1 aliphatic heterocycles. The van der Waals surface area contributed by atoms with E-state index in [1.807, 2.05) is 0 Å². The normalized spacial score (nSPS) is 17.6. The summed E-state index contributed by atoms with van der Waals surface area (Å²) >= 11 is 0. The van der Waals surface area contributed by atoms with Gasteiger partial charge >= 0.3 is 6.18 Å². The number of alkyl halides is 3. The molecule has 1 atom stereocenters. The lowest BCUT2D eigenvalue weighted by Gasteiger charge is -2.31. The number of furan rings is 1. The van der Waals surface area contributed by atoms with Crippen LogP contribution in [0.5, 0.6) is 0 Å². The van der Waals surface area contributed by atoms with Gasteiger partial charge in [-0.3, -0.25) is 9.59 Å². The fraction of sp³-hybridized carbons (Fsp3) is 0.368. The van der Waals surface area contributed by atoms with Gasteiger partial charge in [0.1, 0.15) is 0 Å². The Bertz CT molecular complexity index is 803. The number of amides is 2. The second-order valence-corrected chi connectivity index (χ2v) is 6.48. The van der Waals surface area contributed by atoms with Gasteiger partial charge in [-0.2, -0.15) is 13.2 Å². The predicted octanol–water partition coefficient (Wildman–Crippen LogP) is 3.47. The summed E-state index contributed by atoms with van der Waals surface area (Å²) in [6, 6.07) is 8.05. The number of benzene rings is 1. The van der Waals surface area contributed by atoms with Gasteiger partial charge in [0.2, 0.25) is 5.91 Å². The number of carbonyl (C=O) groups is 2. The predicted molar refractivity (Wildman–Crippen MR) is 90.6 cm³/mol. The first kappa shape index (κ1) is 19.0. The van der Waals surface area contributed by atoms with E-state index in [2.05, 4.69) is 5.32 Å². The molecule has 3 rings (SSSR count). The number of hydrogen-bond acceptors (Lipinski definition) is 3. The van der Waals surface area contributed by atoms with Crippen LogP contribution < -0.4 is 5.32 Å². The Hall–Kier alpha value is -2.77. The van der Waals surface area contributed by atoms with E-state index in [1.165, 1.54) is 18.4 Å². The lowest BCUT2D eigenvalue weighted by atomic mass is 9.96. The molecule has 8 heteroatoms. The maximum Gasteiger partial charge on any atom is 0.416 e. The molecular formula is C19H19F3N2O3. The van der Waals surface area contributed by atoms with Gasteiger partial charge in [-0.1, -0.05) is 12.1 Å². The fourth-order valence-electron chi connectivity index (χ4n) is 3.12. The van der Waals surface area contributed by atoms with Crippen LogP contribution in [-0.2, 0) is 17.5 Å². The molecule has 2 aromatic rings. The van der Waals surface area contributed by atoms with E-state index in [0.29, 0.717) is 24.9 Å². The molecule has 1 saturated heterocycles. The van der Waals surface area contributed by atoms with Crippen LogP contribution in [0.25, 0.3) is 0 Å². The third-order valence-corrected chi connectivity index (χ3v) is 4.53. The zero-order chi connectivity index (χ0) is 19.4. The van der Waals surface area contributed by atoms with Crippen molar-refractivity contribution in [3.63, 3.8) is 0 Å². The molecule has 0 aliphatic carbocycles. The van der Waals surface area contributed by atoms with Gasteiger partial charge in [-0.05, 0) is 42.7 Å². The highest BCUT2D eigenvalue weighted by molar-refractivity contribution is 5.92. The number of halogens is 3. The highest BCUT2D eigenvalue weighted by Gasteiger charge is 2.31. The largest absolute Gasteiger partial charge is 0.459 e. The zero-order valence-electron chi connectivity index (χ0n) is 14.5. The lowest BCUT2D eigenvalue weighted by molar-refractivity contribution is -0.137. The molecule has 1 aromatic carbocycles. The SMILES string of the molecule is O=C(NCc1cccc(C(F)(F)F)c1)[C@@H]1CCCN(C(=O)c2ccco2)C1. The number of rotatable bonds is 4. The minimum atomic E-state index is -4.42. The quantitative estimate of drug-likeness (QED) is 0.884. The molecule has 27 heavy (non-hydrogen) atoms. The van der Waals surface area contributed by atoms with Crippen molar-refractivity contribution in [2.75, 3.05) is 13.1 Å². The molecule has 1 N–H and O–H groups in total. The van der Waals surface area contributed by atoms with Crippen molar-refractivity contribution in [1.29, 1.82) is 0 Å². The summed E-state index contributed by atoms with van der Waals surface area (Å²) in [6.45, 7) is 0.802. The number of nitrogens with zero attached hydrogens (tertiary/aromatic N) is 1. The van der Waals surface area contributed by atoms with E-state index in [4.69, 9.17) is 4.42 Å². The van der Waals surface area contributed by atoms with Gasteiger partial charge in [0, 0.05) is 19.6 Å². The van der Waals surface area contributed by atoms with Gasteiger partial charge < -0.3 is 14.6 Å². The maximum atomic E-state index is 12.8. The Balaban J connectivity index is 1.57. The van der Waals surface area contributed by atoms with Crippen molar-refractivity contribution in [1.82, 2.24) is 10.2 Å². The van der Waals surface area contributed by atoms with Crippen molar-refractivity contribution in [2.45, 2.75) is 25.6 Å². The van der Waals surface area contributed by atoms with Crippen molar-refractivity contribution in [2.24, 2.45) is 5.92 Å². The zero-order valence-corrected chi connectivity index (χ0v) is 14.5. The van der Waals surface area contributed by atoms with Crippen molar-refractivity contribution in [3.8, 4) is 0 Å². The van der Waals surface area contributed by atoms with E-state index >= 15 is 0 Å². The maximum absolute atomic E-state index is 12.8. The summed E-state index contributed by atoms with van der Waals surface area (Å²) in [5, 5.41) is 2.67. The highest BCUT2D eigenvalue weighted by atomic mass is 19.4. The molecule has 144 valence electrons. The van der Waals surface area contributed by atoms with Crippen LogP contribution in [0, 0.1) is 5.92 Å². The molecule has 1 aliphatic rings. The van der Waals surface area contributed by atoms with Gasteiger partial charge in [0.05, 0.1) is 17.7 Å². The van der Waals surface area contributed by atoms with Crippen LogP contribution in [0.15, 0.2) is 47.1 Å². The average Bonchev–Trinajstić information content (AvgIpc) is 3.20. The van der Waals surface area contributed by atoms with Gasteiger partial charge in [0.15, 0.2) is 5.76 Å². The first-order chi connectivity index (χ1) is 12.8. The van der Waals surface area contributed by atoms with Crippen LogP contribution >= 0.6 is 0 Å². The van der Waals surface area contributed by atoms with E-state index in [-0.39, 0.29) is 30.7 Å². The summed E-state index contributed by atoms with van der Waals surface area (Å²) in [5.74, 6) is -0.719. The number of likely N-dealkylation sites (tertiary alicyclic amines) is 1. The molecule has 0 bridgehead atoms. The van der Waals surface area contributed by atoms with Crippen LogP contribution in [-0.4, -0.2) is 29.8 Å². The Labute approximate surface area is 154 Å². The first-order valence-corrected chi connectivity index (χ1v) is 8.61. The molecule has 0 radical (unpaired) electrons. The topological polar surface area (TPSA) is 62.6 Å². The first-order valence-electron chi connectivity index (χ1n) is 8.61. The summed E-state index contributed by atoms with van der Waals surface area (Å²) in [6.07, 6.45) is -1.71. The molecule has 0 unspecified atom stereocenters. The Morgan fingerprint density at radius 2 is 2.04 bits per heavy atom. The number of hydrogen-bond donors (Lipinski definition) is 1. The van der Waals surface area contributed by atoms with Crippen LogP contribution in [0.2, 0.25) is 0 Å². The molecule has 2 heterocycles. The highest BCUT2D eigenvalue weighted by Crippen LogP contribution is 2.29. The minimum absolute atomic E-state index is 0.00534. The lowest BCUT2D eigenvalue weighted by Crippen LogP contribution is -2.45. The van der Waals surface area contributed by atoms with Crippen LogP contribution in [0.1, 0.15) is 34.5 Å².